The summed E-state index contributed by atoms with van der Waals surface area (Å²) < 4.78 is 11.1. The second-order valence-corrected chi connectivity index (χ2v) is 9.29. The van der Waals surface area contributed by atoms with E-state index >= 15 is 0 Å². The van der Waals surface area contributed by atoms with E-state index < -0.39 is 29.4 Å². The number of nitrogens with zero attached hydrogens (tertiary/aromatic N) is 1. The minimum atomic E-state index is -1.53. The second kappa shape index (κ2) is 8.19. The van der Waals surface area contributed by atoms with Crippen LogP contribution in [0.2, 0.25) is 0 Å². The number of fused-ring (bicyclic) bond motifs is 5. The molecule has 3 aliphatic rings. The third kappa shape index (κ3) is 2.81. The molecule has 0 aromatic heterocycles. The lowest BCUT2D eigenvalue weighted by atomic mass is 9.64. The highest BCUT2D eigenvalue weighted by Crippen LogP contribution is 2.60. The average Bonchev–Trinajstić information content (AvgIpc) is 3.35. The van der Waals surface area contributed by atoms with Crippen LogP contribution in [-0.2, 0) is 9.53 Å². The summed E-state index contributed by atoms with van der Waals surface area (Å²) in [5, 5.41) is 0. The highest BCUT2D eigenvalue weighted by molar-refractivity contribution is 6.32. The maximum atomic E-state index is 14.4. The Bertz CT molecular complexity index is 1410. The van der Waals surface area contributed by atoms with E-state index in [0.717, 1.165) is 11.3 Å². The predicted octanol–water partition coefficient (Wildman–Crippen LogP) is 4.69. The maximum absolute atomic E-state index is 14.4. The third-order valence-corrected chi connectivity index (χ3v) is 7.69. The lowest BCUT2D eigenvalue weighted by molar-refractivity contribution is -0.145. The fourth-order valence-corrected chi connectivity index (χ4v) is 6.33. The summed E-state index contributed by atoms with van der Waals surface area (Å²) in [4.78, 5) is 44.5. The molecule has 2 heterocycles. The van der Waals surface area contributed by atoms with Gasteiger partial charge in [-0.15, -0.1) is 0 Å². The van der Waals surface area contributed by atoms with Crippen LogP contribution in [0, 0.1) is 5.41 Å². The molecule has 3 atom stereocenters. The van der Waals surface area contributed by atoms with E-state index in [2.05, 4.69) is 0 Å². The Kier molecular flexibility index (Phi) is 5.07. The van der Waals surface area contributed by atoms with Crippen LogP contribution in [0.25, 0.3) is 6.08 Å². The molecule has 3 aromatic carbocycles. The van der Waals surface area contributed by atoms with Gasteiger partial charge >= 0.3 is 5.97 Å². The Hall–Kier alpha value is -4.19. The van der Waals surface area contributed by atoms with Gasteiger partial charge in [0.2, 0.25) is 0 Å². The van der Waals surface area contributed by atoms with Gasteiger partial charge in [-0.25, -0.2) is 4.79 Å². The first-order valence-electron chi connectivity index (χ1n) is 12.1. The lowest BCUT2D eigenvalue weighted by Crippen LogP contribution is -2.48. The van der Waals surface area contributed by atoms with Crippen LogP contribution in [0.4, 0.5) is 5.69 Å². The van der Waals surface area contributed by atoms with Gasteiger partial charge in [-0.1, -0.05) is 66.7 Å². The van der Waals surface area contributed by atoms with Crippen molar-refractivity contribution in [3.05, 3.63) is 101 Å². The monoisotopic (exact) mass is 479 g/mol. The van der Waals surface area contributed by atoms with Crippen LogP contribution in [0.3, 0.4) is 0 Å². The number of ether oxygens (including phenoxy) is 2. The molecule has 0 bridgehead atoms. The van der Waals surface area contributed by atoms with E-state index in [4.69, 9.17) is 9.47 Å². The number of methoxy groups -OCH3 is 1. The third-order valence-electron chi connectivity index (χ3n) is 7.69. The zero-order chi connectivity index (χ0) is 25.0. The smallest absolute Gasteiger partial charge is 0.329 e. The number of carbonyl (C=O) groups is 3. The summed E-state index contributed by atoms with van der Waals surface area (Å²) in [7, 11) is 1.57. The molecule has 1 aliphatic carbocycles. The van der Waals surface area contributed by atoms with E-state index in [9.17, 15) is 14.4 Å². The molecule has 6 rings (SSSR count). The molecule has 0 unspecified atom stereocenters. The van der Waals surface area contributed by atoms with Crippen molar-refractivity contribution in [2.45, 2.75) is 24.9 Å². The van der Waals surface area contributed by atoms with Crippen molar-refractivity contribution in [2.75, 3.05) is 18.6 Å². The van der Waals surface area contributed by atoms with Crippen molar-refractivity contribution in [3.63, 3.8) is 0 Å². The Balaban J connectivity index is 1.68. The van der Waals surface area contributed by atoms with Gasteiger partial charge in [0, 0.05) is 22.7 Å². The molecule has 1 saturated heterocycles. The highest BCUT2D eigenvalue weighted by Gasteiger charge is 2.72. The van der Waals surface area contributed by atoms with Crippen LogP contribution in [0.5, 0.6) is 5.75 Å². The molecule has 0 radical (unpaired) electrons. The van der Waals surface area contributed by atoms with Gasteiger partial charge in [0.25, 0.3) is 0 Å². The van der Waals surface area contributed by atoms with E-state index in [1.165, 1.54) is 0 Å². The first-order chi connectivity index (χ1) is 17.5. The summed E-state index contributed by atoms with van der Waals surface area (Å²) in [5.74, 6) is -1.20. The number of carbonyl (C=O) groups excluding carboxylic acids is 3. The second-order valence-electron chi connectivity index (χ2n) is 9.29. The molecule has 0 N–H and O–H groups in total. The number of rotatable bonds is 4. The minimum absolute atomic E-state index is 0.186. The molecule has 1 fully saturated rings. The van der Waals surface area contributed by atoms with Gasteiger partial charge in [0.15, 0.2) is 11.6 Å². The fraction of sp³-hybridized carbons (Fsp3) is 0.233. The van der Waals surface area contributed by atoms with Crippen molar-refractivity contribution in [1.82, 2.24) is 0 Å². The van der Waals surface area contributed by atoms with Crippen LogP contribution in [-0.4, -0.2) is 43.3 Å². The van der Waals surface area contributed by atoms with Gasteiger partial charge in [-0.2, -0.15) is 0 Å². The Morgan fingerprint density at radius 3 is 2.33 bits per heavy atom. The Labute approximate surface area is 209 Å². The summed E-state index contributed by atoms with van der Waals surface area (Å²) in [6, 6.07) is 20.4. The number of hydrogen-bond donors (Lipinski definition) is 0. The SMILES string of the molecule is CCOC(=O)[C@H]1[C@H](c2cccc(OC)c2)C2(C(=O)c3ccccc3C2=O)[C@H]2C=Cc3ccccc3N12. The van der Waals surface area contributed by atoms with Gasteiger partial charge in [0.1, 0.15) is 17.2 Å². The van der Waals surface area contributed by atoms with Gasteiger partial charge in [0.05, 0.1) is 19.8 Å². The molecule has 1 spiro atoms. The molecule has 0 amide bonds. The maximum Gasteiger partial charge on any atom is 0.329 e. The minimum Gasteiger partial charge on any atom is -0.497 e. The molecule has 2 aliphatic heterocycles. The zero-order valence-electron chi connectivity index (χ0n) is 20.0. The molecule has 3 aromatic rings. The van der Waals surface area contributed by atoms with E-state index in [0.29, 0.717) is 22.4 Å². The Morgan fingerprint density at radius 2 is 1.64 bits per heavy atom. The quantitative estimate of drug-likeness (QED) is 0.399. The molecule has 6 heteroatoms. The van der Waals surface area contributed by atoms with Crippen molar-refractivity contribution in [3.8, 4) is 5.75 Å². The summed E-state index contributed by atoms with van der Waals surface area (Å²) in [6.45, 7) is 1.94. The first-order valence-corrected chi connectivity index (χ1v) is 12.1. The normalized spacial score (nSPS) is 22.8. The van der Waals surface area contributed by atoms with E-state index in [-0.39, 0.29) is 18.2 Å². The Morgan fingerprint density at radius 1 is 0.944 bits per heavy atom. The summed E-state index contributed by atoms with van der Waals surface area (Å²) >= 11 is 0. The lowest BCUT2D eigenvalue weighted by Gasteiger charge is -2.36. The number of benzene rings is 3. The van der Waals surface area contributed by atoms with Crippen LogP contribution < -0.4 is 9.64 Å². The molecular weight excluding hydrogens is 454 g/mol. The van der Waals surface area contributed by atoms with Crippen LogP contribution in [0.15, 0.2) is 78.9 Å². The number of ketones is 2. The average molecular weight is 480 g/mol. The highest BCUT2D eigenvalue weighted by atomic mass is 16.5. The van der Waals surface area contributed by atoms with Crippen molar-refractivity contribution in [2.24, 2.45) is 5.41 Å². The number of anilines is 1. The van der Waals surface area contributed by atoms with Gasteiger partial charge < -0.3 is 14.4 Å². The fourth-order valence-electron chi connectivity index (χ4n) is 6.33. The first kappa shape index (κ1) is 22.3. The topological polar surface area (TPSA) is 72.9 Å². The van der Waals surface area contributed by atoms with E-state index in [1.807, 2.05) is 59.5 Å². The molecule has 6 nitrogen and oxygen atoms in total. The summed E-state index contributed by atoms with van der Waals surface area (Å²) in [6.07, 6.45) is 3.84. The number of esters is 1. The molecular formula is C30H25NO5. The molecule has 180 valence electrons. The van der Waals surface area contributed by atoms with Crippen molar-refractivity contribution in [1.29, 1.82) is 0 Å². The standard InChI is InChI=1S/C30H25NO5/c1-3-36-29(34)26-25(19-10-8-11-20(17-19)35-2)30(27(32)21-12-5-6-13-22(21)28(30)33)24-16-15-18-9-4-7-14-23(18)31(24)26/h4-17,24-26H,3H2,1-2H3/t24-,25+,26-/m1/s1. The summed E-state index contributed by atoms with van der Waals surface area (Å²) in [5.41, 5.74) is 1.66. The van der Waals surface area contributed by atoms with Gasteiger partial charge in [-0.3, -0.25) is 9.59 Å². The van der Waals surface area contributed by atoms with Gasteiger partial charge in [-0.05, 0) is 36.2 Å². The van der Waals surface area contributed by atoms with Crippen molar-refractivity contribution < 1.29 is 23.9 Å². The number of hydrogen-bond acceptors (Lipinski definition) is 6. The predicted molar refractivity (Wildman–Crippen MR) is 135 cm³/mol. The zero-order valence-corrected chi connectivity index (χ0v) is 20.0. The van der Waals surface area contributed by atoms with Crippen molar-refractivity contribution >= 4 is 29.3 Å². The van der Waals surface area contributed by atoms with E-state index in [1.54, 1.807) is 44.4 Å². The molecule has 0 saturated carbocycles. The number of Topliss-reactive ketones (excluding diaryl/α,β-unsaturated/α-hetero) is 2. The van der Waals surface area contributed by atoms with Crippen LogP contribution in [0.1, 0.15) is 44.7 Å². The molecule has 36 heavy (non-hydrogen) atoms. The largest absolute Gasteiger partial charge is 0.497 e. The van der Waals surface area contributed by atoms with Crippen LogP contribution >= 0.6 is 0 Å². The number of para-hydroxylation sites is 1.